The number of nitrogens with zero attached hydrogens (tertiary/aromatic N) is 3. The SMILES string of the molecule is CC(C)CC(=O)Nc1ccc(NC(=O)NCCC(=O)N2CCN(c3ccccn3)CC2)cc1. The lowest BCUT2D eigenvalue weighted by molar-refractivity contribution is -0.131. The Morgan fingerprint density at radius 1 is 0.939 bits per heavy atom. The van der Waals surface area contributed by atoms with Crippen LogP contribution in [0.3, 0.4) is 0 Å². The molecule has 33 heavy (non-hydrogen) atoms. The lowest BCUT2D eigenvalue weighted by Gasteiger charge is -2.35. The summed E-state index contributed by atoms with van der Waals surface area (Å²) in [5.41, 5.74) is 1.28. The summed E-state index contributed by atoms with van der Waals surface area (Å²) in [6, 6.07) is 12.3. The van der Waals surface area contributed by atoms with Crippen molar-refractivity contribution in [1.29, 1.82) is 0 Å². The summed E-state index contributed by atoms with van der Waals surface area (Å²) in [4.78, 5) is 44.8. The Balaban J connectivity index is 1.34. The molecule has 0 spiro atoms. The van der Waals surface area contributed by atoms with Gasteiger partial charge in [0.05, 0.1) is 0 Å². The third kappa shape index (κ3) is 7.78. The van der Waals surface area contributed by atoms with Crippen molar-refractivity contribution in [3.63, 3.8) is 0 Å². The summed E-state index contributed by atoms with van der Waals surface area (Å²) in [6.45, 7) is 7.00. The Morgan fingerprint density at radius 2 is 1.61 bits per heavy atom. The number of hydrogen-bond donors (Lipinski definition) is 3. The number of benzene rings is 1. The van der Waals surface area contributed by atoms with Gasteiger partial charge in [0.2, 0.25) is 11.8 Å². The second-order valence-electron chi connectivity index (χ2n) is 8.41. The maximum absolute atomic E-state index is 12.5. The van der Waals surface area contributed by atoms with Gasteiger partial charge < -0.3 is 25.8 Å². The Bertz CT molecular complexity index is 925. The van der Waals surface area contributed by atoms with Gasteiger partial charge in [-0.25, -0.2) is 9.78 Å². The van der Waals surface area contributed by atoms with E-state index >= 15 is 0 Å². The molecule has 1 aliphatic heterocycles. The molecule has 0 atom stereocenters. The molecule has 1 aliphatic rings. The van der Waals surface area contributed by atoms with E-state index in [1.807, 2.05) is 36.9 Å². The van der Waals surface area contributed by atoms with Crippen molar-refractivity contribution in [3.8, 4) is 0 Å². The highest BCUT2D eigenvalue weighted by Crippen LogP contribution is 2.15. The van der Waals surface area contributed by atoms with Crippen molar-refractivity contribution in [2.45, 2.75) is 26.7 Å². The molecule has 1 fully saturated rings. The third-order valence-electron chi connectivity index (χ3n) is 5.25. The van der Waals surface area contributed by atoms with Crippen LogP contribution in [0.2, 0.25) is 0 Å². The van der Waals surface area contributed by atoms with E-state index in [-0.39, 0.29) is 36.7 Å². The van der Waals surface area contributed by atoms with Crippen LogP contribution in [0.25, 0.3) is 0 Å². The van der Waals surface area contributed by atoms with Crippen LogP contribution in [0.1, 0.15) is 26.7 Å². The van der Waals surface area contributed by atoms with Crippen molar-refractivity contribution in [1.82, 2.24) is 15.2 Å². The van der Waals surface area contributed by atoms with Gasteiger partial charge >= 0.3 is 6.03 Å². The summed E-state index contributed by atoms with van der Waals surface area (Å²) in [6.07, 6.45) is 2.47. The molecule has 4 amide bonds. The van der Waals surface area contributed by atoms with Gasteiger partial charge in [0.25, 0.3) is 0 Å². The number of hydrogen-bond acceptors (Lipinski definition) is 5. The van der Waals surface area contributed by atoms with Crippen molar-refractivity contribution >= 4 is 35.0 Å². The summed E-state index contributed by atoms with van der Waals surface area (Å²) < 4.78 is 0. The summed E-state index contributed by atoms with van der Waals surface area (Å²) in [7, 11) is 0. The predicted octanol–water partition coefficient (Wildman–Crippen LogP) is 2.93. The lowest BCUT2D eigenvalue weighted by atomic mass is 10.1. The zero-order valence-corrected chi connectivity index (χ0v) is 19.2. The van der Waals surface area contributed by atoms with Gasteiger partial charge in [-0.2, -0.15) is 0 Å². The summed E-state index contributed by atoms with van der Waals surface area (Å²) >= 11 is 0. The van der Waals surface area contributed by atoms with Crippen LogP contribution in [-0.2, 0) is 9.59 Å². The van der Waals surface area contributed by atoms with E-state index < -0.39 is 0 Å². The fourth-order valence-electron chi connectivity index (χ4n) is 3.56. The first-order valence-corrected chi connectivity index (χ1v) is 11.3. The van der Waals surface area contributed by atoms with Crippen molar-refractivity contribution in [2.75, 3.05) is 48.3 Å². The fraction of sp³-hybridized carbons (Fsp3) is 0.417. The summed E-state index contributed by atoms with van der Waals surface area (Å²) in [5, 5.41) is 8.27. The van der Waals surface area contributed by atoms with Crippen molar-refractivity contribution in [2.24, 2.45) is 5.92 Å². The largest absolute Gasteiger partial charge is 0.353 e. The quantitative estimate of drug-likeness (QED) is 0.571. The fourth-order valence-corrected chi connectivity index (χ4v) is 3.56. The first-order chi connectivity index (χ1) is 15.9. The van der Waals surface area contributed by atoms with Crippen LogP contribution in [0.15, 0.2) is 48.7 Å². The van der Waals surface area contributed by atoms with E-state index in [0.717, 1.165) is 18.9 Å². The van der Waals surface area contributed by atoms with Crippen LogP contribution >= 0.6 is 0 Å². The van der Waals surface area contributed by atoms with E-state index in [1.54, 1.807) is 30.5 Å². The zero-order chi connectivity index (χ0) is 23.6. The average Bonchev–Trinajstić information content (AvgIpc) is 2.80. The number of carbonyl (C=O) groups is 3. The number of pyridine rings is 1. The molecule has 9 heteroatoms. The molecule has 1 saturated heterocycles. The molecule has 3 N–H and O–H groups in total. The maximum Gasteiger partial charge on any atom is 0.319 e. The lowest BCUT2D eigenvalue weighted by Crippen LogP contribution is -2.49. The highest BCUT2D eigenvalue weighted by atomic mass is 16.2. The van der Waals surface area contributed by atoms with E-state index in [1.165, 1.54) is 0 Å². The van der Waals surface area contributed by atoms with Gasteiger partial charge in [0.1, 0.15) is 5.82 Å². The molecule has 1 aromatic heterocycles. The minimum Gasteiger partial charge on any atom is -0.353 e. The molecule has 1 aromatic carbocycles. The minimum atomic E-state index is -0.376. The van der Waals surface area contributed by atoms with Crippen LogP contribution in [-0.4, -0.2) is 60.5 Å². The molecule has 0 unspecified atom stereocenters. The van der Waals surface area contributed by atoms with Crippen LogP contribution < -0.4 is 20.9 Å². The van der Waals surface area contributed by atoms with Crippen LogP contribution in [0.5, 0.6) is 0 Å². The molecular formula is C24H32N6O3. The molecule has 2 heterocycles. The van der Waals surface area contributed by atoms with Crippen molar-refractivity contribution in [3.05, 3.63) is 48.7 Å². The molecule has 0 radical (unpaired) electrons. The number of carbonyl (C=O) groups excluding carboxylic acids is 3. The molecule has 3 rings (SSSR count). The molecule has 0 bridgehead atoms. The number of nitrogens with one attached hydrogen (secondary N) is 3. The number of amides is 4. The Morgan fingerprint density at radius 3 is 2.21 bits per heavy atom. The highest BCUT2D eigenvalue weighted by Gasteiger charge is 2.21. The van der Waals surface area contributed by atoms with Gasteiger partial charge in [-0.3, -0.25) is 9.59 Å². The Labute approximate surface area is 194 Å². The molecule has 0 saturated carbocycles. The molecule has 176 valence electrons. The van der Waals surface area contributed by atoms with Gasteiger partial charge in [0.15, 0.2) is 0 Å². The van der Waals surface area contributed by atoms with Gasteiger partial charge in [-0.1, -0.05) is 19.9 Å². The standard InChI is InChI=1S/C24H32N6O3/c1-18(2)17-22(31)27-19-6-8-20(9-7-19)28-24(33)26-12-10-23(32)30-15-13-29(14-16-30)21-5-3-4-11-25-21/h3-9,11,18H,10,12-17H2,1-2H3,(H,27,31)(H2,26,28,33). The molecular weight excluding hydrogens is 420 g/mol. The van der Waals surface area contributed by atoms with Gasteiger partial charge in [-0.05, 0) is 42.3 Å². The molecule has 9 nitrogen and oxygen atoms in total. The highest BCUT2D eigenvalue weighted by molar-refractivity contribution is 5.92. The zero-order valence-electron chi connectivity index (χ0n) is 19.2. The number of piperazine rings is 1. The number of rotatable bonds is 8. The smallest absolute Gasteiger partial charge is 0.319 e. The maximum atomic E-state index is 12.5. The van der Waals surface area contributed by atoms with E-state index in [4.69, 9.17) is 0 Å². The Hall–Kier alpha value is -3.62. The van der Waals surface area contributed by atoms with Crippen LogP contribution in [0.4, 0.5) is 22.0 Å². The first-order valence-electron chi connectivity index (χ1n) is 11.3. The Kier molecular flexibility index (Phi) is 8.63. The average molecular weight is 453 g/mol. The van der Waals surface area contributed by atoms with Crippen molar-refractivity contribution < 1.29 is 14.4 Å². The van der Waals surface area contributed by atoms with E-state index in [0.29, 0.717) is 30.9 Å². The normalized spacial score (nSPS) is 13.5. The number of urea groups is 1. The second kappa shape index (κ2) is 11.8. The monoisotopic (exact) mass is 452 g/mol. The minimum absolute atomic E-state index is 0.0254. The first kappa shape index (κ1) is 24.0. The van der Waals surface area contributed by atoms with Gasteiger partial charge in [-0.15, -0.1) is 0 Å². The second-order valence-corrected chi connectivity index (χ2v) is 8.41. The van der Waals surface area contributed by atoms with Crippen LogP contribution in [0, 0.1) is 5.92 Å². The third-order valence-corrected chi connectivity index (χ3v) is 5.25. The number of aromatic nitrogens is 1. The van der Waals surface area contributed by atoms with E-state index in [2.05, 4.69) is 25.8 Å². The predicted molar refractivity (Wildman–Crippen MR) is 129 cm³/mol. The number of anilines is 3. The van der Waals surface area contributed by atoms with E-state index in [9.17, 15) is 14.4 Å². The molecule has 2 aromatic rings. The topological polar surface area (TPSA) is 107 Å². The molecule has 0 aliphatic carbocycles. The van der Waals surface area contributed by atoms with Gasteiger partial charge in [0, 0.05) is 63.1 Å². The summed E-state index contributed by atoms with van der Waals surface area (Å²) in [5.74, 6) is 1.20.